The largest absolute Gasteiger partial charge is 0.340 e. The Kier molecular flexibility index (Phi) is 3.81. The summed E-state index contributed by atoms with van der Waals surface area (Å²) in [5.74, 6) is 0.354. The second-order valence-electron chi connectivity index (χ2n) is 6.67. The summed E-state index contributed by atoms with van der Waals surface area (Å²) in [7, 11) is 2.23. The summed E-state index contributed by atoms with van der Waals surface area (Å²) in [6.07, 6.45) is 7.15. The van der Waals surface area contributed by atoms with E-state index in [1.165, 1.54) is 25.7 Å². The van der Waals surface area contributed by atoms with Crippen LogP contribution >= 0.6 is 0 Å². The van der Waals surface area contributed by atoms with E-state index in [0.717, 1.165) is 25.9 Å². The molecule has 0 radical (unpaired) electrons. The summed E-state index contributed by atoms with van der Waals surface area (Å²) in [6, 6.07) is 1.87. The van der Waals surface area contributed by atoms with Gasteiger partial charge in [0.05, 0.1) is 6.04 Å². The van der Waals surface area contributed by atoms with Crippen molar-refractivity contribution in [3.63, 3.8) is 0 Å². The summed E-state index contributed by atoms with van der Waals surface area (Å²) >= 11 is 0. The maximum Gasteiger partial charge on any atom is 0.239 e. The molecule has 19 heavy (non-hydrogen) atoms. The number of fused-ring (bicyclic) bond motifs is 2. The smallest absolute Gasteiger partial charge is 0.239 e. The Bertz CT molecular complexity index is 346. The van der Waals surface area contributed by atoms with Crippen LogP contribution in [0.15, 0.2) is 0 Å². The van der Waals surface area contributed by atoms with Gasteiger partial charge in [-0.25, -0.2) is 0 Å². The zero-order valence-electron chi connectivity index (χ0n) is 12.3. The van der Waals surface area contributed by atoms with Crippen LogP contribution in [-0.4, -0.2) is 60.0 Å². The number of amides is 1. The van der Waals surface area contributed by atoms with E-state index in [1.807, 2.05) is 0 Å². The Morgan fingerprint density at radius 2 is 1.89 bits per heavy atom. The Balaban J connectivity index is 1.64. The lowest BCUT2D eigenvalue weighted by Gasteiger charge is -2.33. The third-order valence-corrected chi connectivity index (χ3v) is 5.37. The molecule has 4 nitrogen and oxygen atoms in total. The standard InChI is InChI=1S/C15H27N3O/c1-11-4-3-5-14(16-11)15(19)18-9-8-12-6-7-13(10-18)17(12)2/h11-14,16H,3-10H2,1-2H3. The van der Waals surface area contributed by atoms with Crippen molar-refractivity contribution >= 4 is 5.91 Å². The van der Waals surface area contributed by atoms with E-state index >= 15 is 0 Å². The van der Waals surface area contributed by atoms with E-state index in [4.69, 9.17) is 0 Å². The molecule has 4 heteroatoms. The van der Waals surface area contributed by atoms with Gasteiger partial charge in [0.2, 0.25) is 5.91 Å². The van der Waals surface area contributed by atoms with E-state index in [2.05, 4.69) is 29.1 Å². The zero-order valence-corrected chi connectivity index (χ0v) is 12.3. The van der Waals surface area contributed by atoms with E-state index in [9.17, 15) is 4.79 Å². The highest BCUT2D eigenvalue weighted by Crippen LogP contribution is 2.29. The van der Waals surface area contributed by atoms with Crippen molar-refractivity contribution in [2.45, 2.75) is 69.6 Å². The predicted octanol–water partition coefficient (Wildman–Crippen LogP) is 1.21. The lowest BCUT2D eigenvalue weighted by molar-refractivity contribution is -0.134. The van der Waals surface area contributed by atoms with Gasteiger partial charge in [-0.15, -0.1) is 0 Å². The van der Waals surface area contributed by atoms with E-state index in [0.29, 0.717) is 24.0 Å². The van der Waals surface area contributed by atoms with E-state index < -0.39 is 0 Å². The van der Waals surface area contributed by atoms with Gasteiger partial charge in [0.15, 0.2) is 0 Å². The molecule has 3 aliphatic heterocycles. The Labute approximate surface area is 116 Å². The quantitative estimate of drug-likeness (QED) is 0.774. The first-order valence-corrected chi connectivity index (χ1v) is 7.92. The Morgan fingerprint density at radius 1 is 1.11 bits per heavy atom. The van der Waals surface area contributed by atoms with Gasteiger partial charge < -0.3 is 10.2 Å². The summed E-state index contributed by atoms with van der Waals surface area (Å²) in [5, 5.41) is 3.48. The second-order valence-corrected chi connectivity index (χ2v) is 6.67. The maximum atomic E-state index is 12.7. The molecule has 1 N–H and O–H groups in total. The molecule has 3 saturated heterocycles. The molecule has 4 atom stereocenters. The minimum atomic E-state index is 0.0747. The average Bonchev–Trinajstić information content (AvgIpc) is 2.62. The van der Waals surface area contributed by atoms with Gasteiger partial charge in [-0.2, -0.15) is 0 Å². The van der Waals surface area contributed by atoms with E-state index in [1.54, 1.807) is 0 Å². The molecule has 0 aromatic rings. The molecule has 0 spiro atoms. The lowest BCUT2D eigenvalue weighted by atomic mass is 9.98. The van der Waals surface area contributed by atoms with Crippen LogP contribution in [0.1, 0.15) is 45.4 Å². The predicted molar refractivity (Wildman–Crippen MR) is 76.0 cm³/mol. The Morgan fingerprint density at radius 3 is 2.68 bits per heavy atom. The lowest BCUT2D eigenvalue weighted by Crippen LogP contribution is -2.53. The molecule has 0 aromatic heterocycles. The van der Waals surface area contributed by atoms with Crippen LogP contribution in [0, 0.1) is 0 Å². The topological polar surface area (TPSA) is 35.6 Å². The zero-order chi connectivity index (χ0) is 13.4. The van der Waals surface area contributed by atoms with Crippen molar-refractivity contribution in [3.8, 4) is 0 Å². The minimum Gasteiger partial charge on any atom is -0.340 e. The monoisotopic (exact) mass is 265 g/mol. The maximum absolute atomic E-state index is 12.7. The van der Waals surface area contributed by atoms with Gasteiger partial charge in [-0.1, -0.05) is 0 Å². The highest BCUT2D eigenvalue weighted by atomic mass is 16.2. The van der Waals surface area contributed by atoms with Crippen molar-refractivity contribution in [2.75, 3.05) is 20.1 Å². The normalized spacial score (nSPS) is 40.2. The molecule has 0 aliphatic carbocycles. The number of hydrogen-bond donors (Lipinski definition) is 1. The fourth-order valence-electron chi connectivity index (χ4n) is 4.06. The van der Waals surface area contributed by atoms with Gasteiger partial charge in [0.25, 0.3) is 0 Å². The van der Waals surface area contributed by atoms with Crippen molar-refractivity contribution < 1.29 is 4.79 Å². The van der Waals surface area contributed by atoms with Crippen LogP contribution in [0.4, 0.5) is 0 Å². The molecular weight excluding hydrogens is 238 g/mol. The van der Waals surface area contributed by atoms with Crippen LogP contribution in [0.2, 0.25) is 0 Å². The number of carbonyl (C=O) groups excluding carboxylic acids is 1. The molecule has 2 bridgehead atoms. The number of hydrogen-bond acceptors (Lipinski definition) is 3. The summed E-state index contributed by atoms with van der Waals surface area (Å²) in [5.41, 5.74) is 0. The van der Waals surface area contributed by atoms with Crippen LogP contribution in [-0.2, 0) is 4.79 Å². The molecule has 4 unspecified atom stereocenters. The minimum absolute atomic E-state index is 0.0747. The summed E-state index contributed by atoms with van der Waals surface area (Å²) in [4.78, 5) is 17.3. The summed E-state index contributed by atoms with van der Waals surface area (Å²) in [6.45, 7) is 4.09. The van der Waals surface area contributed by atoms with Gasteiger partial charge in [-0.3, -0.25) is 9.69 Å². The van der Waals surface area contributed by atoms with Crippen molar-refractivity contribution in [2.24, 2.45) is 0 Å². The molecule has 108 valence electrons. The van der Waals surface area contributed by atoms with Crippen molar-refractivity contribution in [1.82, 2.24) is 15.1 Å². The van der Waals surface area contributed by atoms with E-state index in [-0.39, 0.29) is 6.04 Å². The molecular formula is C15H27N3O. The van der Waals surface area contributed by atoms with Gasteiger partial charge >= 0.3 is 0 Å². The van der Waals surface area contributed by atoms with Crippen LogP contribution < -0.4 is 5.32 Å². The van der Waals surface area contributed by atoms with Crippen LogP contribution in [0.25, 0.3) is 0 Å². The molecule has 3 heterocycles. The fraction of sp³-hybridized carbons (Fsp3) is 0.933. The van der Waals surface area contributed by atoms with Crippen LogP contribution in [0.3, 0.4) is 0 Å². The van der Waals surface area contributed by atoms with Crippen molar-refractivity contribution in [3.05, 3.63) is 0 Å². The molecule has 1 amide bonds. The van der Waals surface area contributed by atoms with Gasteiger partial charge in [0, 0.05) is 31.2 Å². The van der Waals surface area contributed by atoms with Crippen molar-refractivity contribution in [1.29, 1.82) is 0 Å². The SMILES string of the molecule is CC1CCCC(C(=O)N2CCC3CCC(C2)N3C)N1. The number of piperidine rings is 1. The number of rotatable bonds is 1. The van der Waals surface area contributed by atoms with Gasteiger partial charge in [-0.05, 0) is 52.5 Å². The first-order valence-electron chi connectivity index (χ1n) is 7.92. The first-order chi connectivity index (χ1) is 9.15. The number of nitrogens with zero attached hydrogens (tertiary/aromatic N) is 2. The molecule has 3 fully saturated rings. The molecule has 0 saturated carbocycles. The third kappa shape index (κ3) is 2.65. The first kappa shape index (κ1) is 13.4. The Hall–Kier alpha value is -0.610. The molecule has 3 aliphatic rings. The van der Waals surface area contributed by atoms with Gasteiger partial charge in [0.1, 0.15) is 0 Å². The highest BCUT2D eigenvalue weighted by molar-refractivity contribution is 5.82. The average molecular weight is 265 g/mol. The van der Waals surface area contributed by atoms with Crippen LogP contribution in [0.5, 0.6) is 0 Å². The fourth-order valence-corrected chi connectivity index (χ4v) is 4.06. The molecule has 0 aromatic carbocycles. The number of likely N-dealkylation sites (tertiary alicyclic amines) is 1. The number of likely N-dealkylation sites (N-methyl/N-ethyl adjacent to an activating group) is 1. The number of carbonyl (C=O) groups is 1. The summed E-state index contributed by atoms with van der Waals surface area (Å²) < 4.78 is 0. The molecule has 3 rings (SSSR count). The second kappa shape index (κ2) is 5.41. The third-order valence-electron chi connectivity index (χ3n) is 5.37. The highest BCUT2D eigenvalue weighted by Gasteiger charge is 2.37. The number of nitrogens with one attached hydrogen (secondary N) is 1.